The molecule has 0 aliphatic rings. The molecule has 4 heteroatoms. The Hall–Kier alpha value is 0.140. The van der Waals surface area contributed by atoms with E-state index < -0.39 is 0 Å². The molecule has 1 nitrogen and oxygen atoms in total. The van der Waals surface area contributed by atoms with Crippen molar-refractivity contribution in [1.29, 1.82) is 0 Å². The molecule has 0 spiro atoms. The number of carbonyl (C=O) groups is 1. The third-order valence-corrected chi connectivity index (χ3v) is 3.25. The van der Waals surface area contributed by atoms with Crippen molar-refractivity contribution >= 4 is 44.7 Å². The topological polar surface area (TPSA) is 17.1 Å². The van der Waals surface area contributed by atoms with Crippen molar-refractivity contribution in [3.63, 3.8) is 0 Å². The number of alkyl halides is 1. The van der Waals surface area contributed by atoms with Crippen LogP contribution in [-0.4, -0.2) is 11.7 Å². The Balaban J connectivity index is 2.87. The predicted molar refractivity (Wildman–Crippen MR) is 56.4 cm³/mol. The summed E-state index contributed by atoms with van der Waals surface area (Å²) in [6, 6.07) is 1.86. The van der Waals surface area contributed by atoms with Crippen LogP contribution >= 0.6 is 38.9 Å². The lowest BCUT2D eigenvalue weighted by atomic mass is 10.1. The normalized spacial score (nSPS) is 10.2. The highest BCUT2D eigenvalue weighted by atomic mass is 79.9. The molecule has 0 saturated heterocycles. The van der Waals surface area contributed by atoms with Crippen LogP contribution in [0.3, 0.4) is 0 Å². The van der Waals surface area contributed by atoms with Crippen LogP contribution in [0, 0.1) is 6.92 Å². The average molecular weight is 268 g/mol. The summed E-state index contributed by atoms with van der Waals surface area (Å²) >= 11 is 10.4. The minimum atomic E-state index is 0.129. The maximum absolute atomic E-state index is 11.4. The smallest absolute Gasteiger partial charge is 0.165 e. The largest absolute Gasteiger partial charge is 0.294 e. The van der Waals surface area contributed by atoms with Crippen molar-refractivity contribution in [3.05, 3.63) is 20.3 Å². The van der Waals surface area contributed by atoms with Gasteiger partial charge in [0.05, 0.1) is 3.79 Å². The number of carbonyl (C=O) groups excluding carboxylic acids is 1. The maximum Gasteiger partial charge on any atom is 0.165 e. The van der Waals surface area contributed by atoms with Crippen LogP contribution in [0.5, 0.6) is 0 Å². The van der Waals surface area contributed by atoms with Crippen molar-refractivity contribution in [3.8, 4) is 0 Å². The van der Waals surface area contributed by atoms with Crippen LogP contribution < -0.4 is 0 Å². The van der Waals surface area contributed by atoms with Gasteiger partial charge in [-0.1, -0.05) is 0 Å². The lowest BCUT2D eigenvalue weighted by molar-refractivity contribution is 0.0989. The summed E-state index contributed by atoms with van der Waals surface area (Å²) in [4.78, 5) is 12.4. The van der Waals surface area contributed by atoms with E-state index in [1.54, 1.807) is 11.3 Å². The Kier molecular flexibility index (Phi) is 3.75. The second-order valence-corrected chi connectivity index (χ2v) is 5.40. The number of hydrogen-bond acceptors (Lipinski definition) is 2. The minimum Gasteiger partial charge on any atom is -0.294 e. The van der Waals surface area contributed by atoms with E-state index in [2.05, 4.69) is 15.9 Å². The lowest BCUT2D eigenvalue weighted by Crippen LogP contribution is -1.98. The first-order valence-corrected chi connectivity index (χ1v) is 5.64. The molecular formula is C8H8BrClOS. The molecule has 0 aliphatic carbocycles. The molecule has 0 aliphatic heterocycles. The first-order valence-electron chi connectivity index (χ1n) is 3.50. The van der Waals surface area contributed by atoms with E-state index in [1.807, 2.05) is 13.0 Å². The van der Waals surface area contributed by atoms with Gasteiger partial charge >= 0.3 is 0 Å². The molecule has 0 fully saturated rings. The van der Waals surface area contributed by atoms with Crippen molar-refractivity contribution in [2.45, 2.75) is 13.3 Å². The van der Waals surface area contributed by atoms with Gasteiger partial charge in [0.1, 0.15) is 0 Å². The Morgan fingerprint density at radius 3 is 2.83 bits per heavy atom. The second-order valence-electron chi connectivity index (χ2n) is 2.38. The Morgan fingerprint density at radius 2 is 2.42 bits per heavy atom. The van der Waals surface area contributed by atoms with Crippen LogP contribution in [-0.2, 0) is 0 Å². The lowest BCUT2D eigenvalue weighted by Gasteiger charge is -1.94. The SMILES string of the molecule is Cc1sc(Br)cc1C(=O)CCCl. The van der Waals surface area contributed by atoms with Crippen LogP contribution in [0.1, 0.15) is 21.7 Å². The van der Waals surface area contributed by atoms with Gasteiger partial charge in [0.25, 0.3) is 0 Å². The van der Waals surface area contributed by atoms with Crippen molar-refractivity contribution in [1.82, 2.24) is 0 Å². The number of aryl methyl sites for hydroxylation is 1. The standard InChI is InChI=1S/C8H8BrClOS/c1-5-6(4-8(9)12-5)7(11)2-3-10/h4H,2-3H2,1H3. The number of hydrogen-bond donors (Lipinski definition) is 0. The number of rotatable bonds is 3. The highest BCUT2D eigenvalue weighted by molar-refractivity contribution is 9.11. The molecule has 0 saturated carbocycles. The van der Waals surface area contributed by atoms with Gasteiger partial charge in [0, 0.05) is 22.7 Å². The molecule has 1 aromatic heterocycles. The summed E-state index contributed by atoms with van der Waals surface area (Å²) in [6.07, 6.45) is 0.422. The summed E-state index contributed by atoms with van der Waals surface area (Å²) in [6.45, 7) is 1.94. The van der Waals surface area contributed by atoms with E-state index in [0.717, 1.165) is 14.2 Å². The van der Waals surface area contributed by atoms with Gasteiger partial charge in [-0.2, -0.15) is 0 Å². The Bertz CT molecular complexity index is 295. The molecule has 0 bridgehead atoms. The van der Waals surface area contributed by atoms with E-state index in [-0.39, 0.29) is 5.78 Å². The van der Waals surface area contributed by atoms with Gasteiger partial charge in [-0.3, -0.25) is 4.79 Å². The molecule has 66 valence electrons. The zero-order chi connectivity index (χ0) is 9.14. The average Bonchev–Trinajstić information content (AvgIpc) is 2.30. The fourth-order valence-electron chi connectivity index (χ4n) is 0.943. The first kappa shape index (κ1) is 10.2. The quantitative estimate of drug-likeness (QED) is 0.604. The molecule has 0 aromatic carbocycles. The molecule has 0 unspecified atom stereocenters. The minimum absolute atomic E-state index is 0.129. The Morgan fingerprint density at radius 1 is 1.75 bits per heavy atom. The number of ketones is 1. The van der Waals surface area contributed by atoms with Crippen molar-refractivity contribution in [2.24, 2.45) is 0 Å². The summed E-state index contributed by atoms with van der Waals surface area (Å²) < 4.78 is 0.998. The van der Waals surface area contributed by atoms with E-state index in [1.165, 1.54) is 0 Å². The van der Waals surface area contributed by atoms with Crippen LogP contribution in [0.4, 0.5) is 0 Å². The zero-order valence-corrected chi connectivity index (χ0v) is 9.72. The first-order chi connectivity index (χ1) is 5.65. The fraction of sp³-hybridized carbons (Fsp3) is 0.375. The second kappa shape index (κ2) is 4.40. The molecular weight excluding hydrogens is 260 g/mol. The molecule has 0 radical (unpaired) electrons. The molecule has 1 aromatic rings. The number of thiophene rings is 1. The molecule has 12 heavy (non-hydrogen) atoms. The highest BCUT2D eigenvalue weighted by Gasteiger charge is 2.11. The van der Waals surface area contributed by atoms with Gasteiger partial charge in [-0.05, 0) is 28.9 Å². The summed E-state index contributed by atoms with van der Waals surface area (Å²) in [5, 5.41) is 0. The summed E-state index contributed by atoms with van der Waals surface area (Å²) in [7, 11) is 0. The predicted octanol–water partition coefficient (Wildman–Crippen LogP) is 3.63. The zero-order valence-electron chi connectivity index (χ0n) is 6.56. The Labute approximate surface area is 88.9 Å². The van der Waals surface area contributed by atoms with Gasteiger partial charge in [-0.25, -0.2) is 0 Å². The van der Waals surface area contributed by atoms with Crippen LogP contribution in [0.2, 0.25) is 0 Å². The van der Waals surface area contributed by atoms with Crippen molar-refractivity contribution in [2.75, 3.05) is 5.88 Å². The molecule has 1 heterocycles. The summed E-state index contributed by atoms with van der Waals surface area (Å²) in [5.41, 5.74) is 0.799. The van der Waals surface area contributed by atoms with E-state index in [4.69, 9.17) is 11.6 Å². The van der Waals surface area contributed by atoms with Crippen molar-refractivity contribution < 1.29 is 4.79 Å². The summed E-state index contributed by atoms with van der Waals surface area (Å²) in [5.74, 6) is 0.524. The van der Waals surface area contributed by atoms with Gasteiger partial charge in [0.15, 0.2) is 5.78 Å². The van der Waals surface area contributed by atoms with E-state index in [9.17, 15) is 4.79 Å². The third-order valence-electron chi connectivity index (χ3n) is 1.51. The number of Topliss-reactive ketones (excluding diaryl/α,β-unsaturated/α-hetero) is 1. The highest BCUT2D eigenvalue weighted by Crippen LogP contribution is 2.27. The van der Waals surface area contributed by atoms with E-state index in [0.29, 0.717) is 12.3 Å². The molecule has 1 rings (SSSR count). The van der Waals surface area contributed by atoms with E-state index >= 15 is 0 Å². The van der Waals surface area contributed by atoms with Gasteiger partial charge in [0.2, 0.25) is 0 Å². The van der Waals surface area contributed by atoms with Crippen LogP contribution in [0.15, 0.2) is 9.85 Å². The van der Waals surface area contributed by atoms with Gasteiger partial charge in [-0.15, -0.1) is 22.9 Å². The van der Waals surface area contributed by atoms with Gasteiger partial charge < -0.3 is 0 Å². The third kappa shape index (κ3) is 2.31. The fourth-order valence-corrected chi connectivity index (χ4v) is 2.82. The monoisotopic (exact) mass is 266 g/mol. The van der Waals surface area contributed by atoms with Crippen LogP contribution in [0.25, 0.3) is 0 Å². The molecule has 0 atom stereocenters. The maximum atomic E-state index is 11.4. The molecule has 0 N–H and O–H groups in total. The number of halogens is 2. The molecule has 0 amide bonds.